The van der Waals surface area contributed by atoms with Gasteiger partial charge in [0.05, 0.1) is 11.5 Å². The highest BCUT2D eigenvalue weighted by Gasteiger charge is 2.29. The average molecular weight is 304 g/mol. The van der Waals surface area contributed by atoms with E-state index in [1.54, 1.807) is 0 Å². The molecule has 0 bridgehead atoms. The summed E-state index contributed by atoms with van der Waals surface area (Å²) in [5, 5.41) is 3.37. The molecule has 3 nitrogen and oxygen atoms in total. The van der Waals surface area contributed by atoms with E-state index in [2.05, 4.69) is 12.2 Å². The SMILES string of the molecule is CCCCCCCCCC(CC1CCS(=O)(=O)C1)NC. The zero-order valence-corrected chi connectivity index (χ0v) is 14.2. The van der Waals surface area contributed by atoms with Gasteiger partial charge in [-0.25, -0.2) is 8.42 Å². The van der Waals surface area contributed by atoms with E-state index >= 15 is 0 Å². The lowest BCUT2D eigenvalue weighted by molar-refractivity contribution is 0.393. The molecule has 1 heterocycles. The first-order chi connectivity index (χ1) is 9.57. The number of sulfone groups is 1. The summed E-state index contributed by atoms with van der Waals surface area (Å²) in [5.74, 6) is 1.22. The minimum atomic E-state index is -2.72. The molecule has 0 amide bonds. The van der Waals surface area contributed by atoms with E-state index in [9.17, 15) is 8.42 Å². The van der Waals surface area contributed by atoms with Crippen LogP contribution in [0.25, 0.3) is 0 Å². The molecule has 0 aromatic rings. The van der Waals surface area contributed by atoms with E-state index < -0.39 is 9.84 Å². The lowest BCUT2D eigenvalue weighted by Gasteiger charge is -2.19. The zero-order chi connectivity index (χ0) is 14.8. The molecule has 120 valence electrons. The molecule has 0 aromatic heterocycles. The van der Waals surface area contributed by atoms with E-state index in [1.807, 2.05) is 7.05 Å². The van der Waals surface area contributed by atoms with Gasteiger partial charge in [-0.15, -0.1) is 0 Å². The predicted octanol–water partition coefficient (Wildman–Crippen LogP) is 3.54. The van der Waals surface area contributed by atoms with Gasteiger partial charge in [0.25, 0.3) is 0 Å². The maximum absolute atomic E-state index is 11.5. The van der Waals surface area contributed by atoms with Crippen molar-refractivity contribution in [1.82, 2.24) is 5.32 Å². The summed E-state index contributed by atoms with van der Waals surface area (Å²) in [6.45, 7) is 2.25. The highest BCUT2D eigenvalue weighted by molar-refractivity contribution is 7.91. The predicted molar refractivity (Wildman–Crippen MR) is 86.8 cm³/mol. The minimum absolute atomic E-state index is 0.391. The highest BCUT2D eigenvalue weighted by atomic mass is 32.2. The Kier molecular flexibility index (Phi) is 8.78. The topological polar surface area (TPSA) is 46.2 Å². The first kappa shape index (κ1) is 18.0. The molecule has 1 saturated heterocycles. The Bertz CT molecular complexity index is 340. The van der Waals surface area contributed by atoms with Gasteiger partial charge >= 0.3 is 0 Å². The van der Waals surface area contributed by atoms with Crippen molar-refractivity contribution in [2.24, 2.45) is 5.92 Å². The summed E-state index contributed by atoms with van der Waals surface area (Å²) in [6.07, 6.45) is 12.5. The molecular formula is C16H33NO2S. The molecule has 1 rings (SSSR count). The summed E-state index contributed by atoms with van der Waals surface area (Å²) >= 11 is 0. The molecule has 1 aliphatic heterocycles. The van der Waals surface area contributed by atoms with Crippen molar-refractivity contribution in [2.45, 2.75) is 77.2 Å². The van der Waals surface area contributed by atoms with Crippen LogP contribution in [0.3, 0.4) is 0 Å². The van der Waals surface area contributed by atoms with Crippen LogP contribution >= 0.6 is 0 Å². The van der Waals surface area contributed by atoms with Crippen LogP contribution in [0.4, 0.5) is 0 Å². The smallest absolute Gasteiger partial charge is 0.150 e. The molecule has 2 atom stereocenters. The lowest BCUT2D eigenvalue weighted by Crippen LogP contribution is -2.28. The third-order valence-corrected chi connectivity index (χ3v) is 6.35. The zero-order valence-electron chi connectivity index (χ0n) is 13.4. The molecule has 0 aliphatic carbocycles. The molecule has 0 spiro atoms. The number of unbranched alkanes of at least 4 members (excludes halogenated alkanes) is 6. The molecular weight excluding hydrogens is 270 g/mol. The van der Waals surface area contributed by atoms with Crippen LogP contribution in [-0.4, -0.2) is 33.0 Å². The second-order valence-electron chi connectivity index (χ2n) is 6.40. The summed E-state index contributed by atoms with van der Waals surface area (Å²) in [6, 6.07) is 0.504. The molecule has 4 heteroatoms. The van der Waals surface area contributed by atoms with Crippen LogP contribution in [0, 0.1) is 5.92 Å². The van der Waals surface area contributed by atoms with Gasteiger partial charge in [-0.3, -0.25) is 0 Å². The second-order valence-corrected chi connectivity index (χ2v) is 8.63. The standard InChI is InChI=1S/C16H33NO2S/c1-3-4-5-6-7-8-9-10-16(17-2)13-15-11-12-20(18,19)14-15/h15-17H,3-14H2,1-2H3. The van der Waals surface area contributed by atoms with Crippen molar-refractivity contribution in [3.8, 4) is 0 Å². The van der Waals surface area contributed by atoms with Crippen molar-refractivity contribution in [3.63, 3.8) is 0 Å². The van der Waals surface area contributed by atoms with Crippen molar-refractivity contribution < 1.29 is 8.42 Å². The molecule has 1 N–H and O–H groups in total. The number of nitrogens with one attached hydrogen (secondary N) is 1. The van der Waals surface area contributed by atoms with Gasteiger partial charge in [0.2, 0.25) is 0 Å². The van der Waals surface area contributed by atoms with Crippen LogP contribution < -0.4 is 5.32 Å². The summed E-state index contributed by atoms with van der Waals surface area (Å²) in [4.78, 5) is 0. The van der Waals surface area contributed by atoms with Crippen molar-refractivity contribution in [1.29, 1.82) is 0 Å². The number of rotatable bonds is 11. The van der Waals surface area contributed by atoms with Gasteiger partial charge in [0.1, 0.15) is 0 Å². The largest absolute Gasteiger partial charge is 0.317 e. The van der Waals surface area contributed by atoms with Gasteiger partial charge in [-0.05, 0) is 32.2 Å². The Morgan fingerprint density at radius 1 is 1.10 bits per heavy atom. The third-order valence-electron chi connectivity index (χ3n) is 4.51. The molecule has 0 aromatic carbocycles. The molecule has 1 aliphatic rings. The van der Waals surface area contributed by atoms with E-state index in [-0.39, 0.29) is 0 Å². The first-order valence-corrected chi connectivity index (χ1v) is 10.3. The molecule has 20 heavy (non-hydrogen) atoms. The fraction of sp³-hybridized carbons (Fsp3) is 1.00. The van der Waals surface area contributed by atoms with E-state index in [0.29, 0.717) is 23.5 Å². The first-order valence-electron chi connectivity index (χ1n) is 8.45. The highest BCUT2D eigenvalue weighted by Crippen LogP contribution is 2.24. The Labute approximate surface area is 125 Å². The van der Waals surface area contributed by atoms with E-state index in [0.717, 1.165) is 12.8 Å². The van der Waals surface area contributed by atoms with Crippen LogP contribution in [0.15, 0.2) is 0 Å². The second kappa shape index (κ2) is 9.78. The van der Waals surface area contributed by atoms with Crippen molar-refractivity contribution >= 4 is 9.84 Å². The molecule has 1 fully saturated rings. The number of hydrogen-bond acceptors (Lipinski definition) is 3. The minimum Gasteiger partial charge on any atom is -0.317 e. The van der Waals surface area contributed by atoms with Gasteiger partial charge in [0, 0.05) is 6.04 Å². The summed E-state index contributed by atoms with van der Waals surface area (Å²) in [7, 11) is -0.706. The van der Waals surface area contributed by atoms with E-state index in [4.69, 9.17) is 0 Å². The van der Waals surface area contributed by atoms with Crippen LogP contribution in [0.2, 0.25) is 0 Å². The van der Waals surface area contributed by atoms with Gasteiger partial charge < -0.3 is 5.32 Å². The summed E-state index contributed by atoms with van der Waals surface area (Å²) in [5.41, 5.74) is 0. The maximum atomic E-state index is 11.5. The van der Waals surface area contributed by atoms with Crippen LogP contribution in [0.5, 0.6) is 0 Å². The lowest BCUT2D eigenvalue weighted by atomic mass is 9.95. The van der Waals surface area contributed by atoms with Crippen molar-refractivity contribution in [2.75, 3.05) is 18.6 Å². The fourth-order valence-corrected chi connectivity index (χ4v) is 5.07. The van der Waals surface area contributed by atoms with E-state index in [1.165, 1.54) is 51.4 Å². The molecule has 2 unspecified atom stereocenters. The van der Waals surface area contributed by atoms with Gasteiger partial charge in [0.15, 0.2) is 9.84 Å². The Balaban J connectivity index is 2.08. The Morgan fingerprint density at radius 2 is 1.75 bits per heavy atom. The third kappa shape index (κ3) is 7.63. The summed E-state index contributed by atoms with van der Waals surface area (Å²) < 4.78 is 23.0. The maximum Gasteiger partial charge on any atom is 0.150 e. The van der Waals surface area contributed by atoms with Gasteiger partial charge in [-0.1, -0.05) is 51.9 Å². The van der Waals surface area contributed by atoms with Gasteiger partial charge in [-0.2, -0.15) is 0 Å². The molecule has 0 radical (unpaired) electrons. The van der Waals surface area contributed by atoms with Crippen molar-refractivity contribution in [3.05, 3.63) is 0 Å². The monoisotopic (exact) mass is 303 g/mol. The Morgan fingerprint density at radius 3 is 2.30 bits per heavy atom. The normalized spacial score (nSPS) is 23.0. The molecule has 0 saturated carbocycles. The quantitative estimate of drug-likeness (QED) is 0.594. The Hall–Kier alpha value is -0.0900. The number of hydrogen-bond donors (Lipinski definition) is 1. The van der Waals surface area contributed by atoms with Crippen LogP contribution in [0.1, 0.15) is 71.1 Å². The fourth-order valence-electron chi connectivity index (χ4n) is 3.19. The average Bonchev–Trinajstić information content (AvgIpc) is 2.75. The van der Waals surface area contributed by atoms with Crippen LogP contribution in [-0.2, 0) is 9.84 Å².